The number of benzene rings is 2. The fraction of sp³-hybridized carbons (Fsp3) is 0.409. The maximum atomic E-state index is 13.3. The van der Waals surface area contributed by atoms with Crippen LogP contribution in [0.15, 0.2) is 41.3 Å². The van der Waals surface area contributed by atoms with Crippen molar-refractivity contribution in [3.8, 4) is 5.75 Å². The Morgan fingerprint density at radius 3 is 2.61 bits per heavy atom. The van der Waals surface area contributed by atoms with Crippen LogP contribution in [0.5, 0.6) is 5.75 Å². The fourth-order valence-electron chi connectivity index (χ4n) is 3.73. The largest absolute Gasteiger partial charge is 0.486 e. The van der Waals surface area contributed by atoms with E-state index in [-0.39, 0.29) is 12.5 Å². The molecule has 31 heavy (non-hydrogen) atoms. The van der Waals surface area contributed by atoms with E-state index in [1.54, 1.807) is 32.0 Å². The lowest BCUT2D eigenvalue weighted by Gasteiger charge is -2.28. The van der Waals surface area contributed by atoms with Crippen LogP contribution >= 0.6 is 0 Å². The molecule has 0 fully saturated rings. The topological polar surface area (TPSA) is 72.5 Å². The lowest BCUT2D eigenvalue weighted by Crippen LogP contribution is -2.31. The summed E-state index contributed by atoms with van der Waals surface area (Å²) in [6, 6.07) is 7.51. The minimum atomic E-state index is -4.66. The molecule has 1 N–H and O–H groups in total. The predicted octanol–water partition coefficient (Wildman–Crippen LogP) is 4.76. The van der Waals surface area contributed by atoms with Crippen LogP contribution in [0.1, 0.15) is 60.9 Å². The monoisotopic (exact) mass is 455 g/mol. The summed E-state index contributed by atoms with van der Waals surface area (Å²) in [5, 5.41) is 0. The average Bonchev–Trinajstić information content (AvgIpc) is 2.71. The number of fused-ring (bicyclic) bond motifs is 1. The van der Waals surface area contributed by atoms with E-state index in [0.717, 1.165) is 11.6 Å². The number of sulfonamides is 1. The molecule has 0 heterocycles. The Kier molecular flexibility index (Phi) is 6.76. The molecule has 0 bridgehead atoms. The van der Waals surface area contributed by atoms with E-state index in [4.69, 9.17) is 4.74 Å². The number of nitrogens with one attached hydrogen (secondary N) is 1. The Balaban J connectivity index is 1.97. The highest BCUT2D eigenvalue weighted by Gasteiger charge is 2.34. The Labute approximate surface area is 179 Å². The van der Waals surface area contributed by atoms with E-state index in [9.17, 15) is 26.4 Å². The van der Waals surface area contributed by atoms with Crippen molar-refractivity contribution >= 4 is 16.3 Å². The number of hydrogen-bond acceptors (Lipinski definition) is 4. The minimum Gasteiger partial charge on any atom is -0.486 e. The number of ether oxygens (including phenoxy) is 1. The molecule has 1 aliphatic rings. The molecule has 0 radical (unpaired) electrons. The second-order valence-corrected chi connectivity index (χ2v) is 9.52. The number of hydrogen-bond donors (Lipinski definition) is 1. The summed E-state index contributed by atoms with van der Waals surface area (Å²) < 4.78 is 74.2. The van der Waals surface area contributed by atoms with E-state index in [1.807, 2.05) is 0 Å². The van der Waals surface area contributed by atoms with Gasteiger partial charge in [-0.1, -0.05) is 26.0 Å². The number of carbonyl (C=O) groups is 1. The maximum absolute atomic E-state index is 13.3. The molecule has 0 amide bonds. The highest BCUT2D eigenvalue weighted by Crippen LogP contribution is 2.37. The van der Waals surface area contributed by atoms with Crippen molar-refractivity contribution in [3.63, 3.8) is 0 Å². The van der Waals surface area contributed by atoms with Crippen LogP contribution < -0.4 is 9.46 Å². The first-order valence-corrected chi connectivity index (χ1v) is 11.4. The summed E-state index contributed by atoms with van der Waals surface area (Å²) >= 11 is 0. The van der Waals surface area contributed by atoms with Crippen molar-refractivity contribution < 1.29 is 31.1 Å². The number of halogens is 3. The average molecular weight is 455 g/mol. The van der Waals surface area contributed by atoms with Gasteiger partial charge in [0.2, 0.25) is 10.0 Å². The standard InChI is InChI=1S/C22H24F3NO4S/c1-14(2)15-11-16(22(23,24)25)13-17(12-15)31(28,29)26-20-7-3-6-19-18(20)5-4-8-21(19)30-10-9-27/h4-5,8-9,11-14,20,26H,3,6-7,10H2,1-2H3/t20-/m1/s1. The van der Waals surface area contributed by atoms with E-state index < -0.39 is 32.7 Å². The van der Waals surface area contributed by atoms with Gasteiger partial charge in [0.1, 0.15) is 12.4 Å². The van der Waals surface area contributed by atoms with Gasteiger partial charge in [0, 0.05) is 6.04 Å². The van der Waals surface area contributed by atoms with Gasteiger partial charge in [0.15, 0.2) is 6.29 Å². The van der Waals surface area contributed by atoms with E-state index in [2.05, 4.69) is 4.72 Å². The minimum absolute atomic E-state index is 0.116. The molecule has 0 aliphatic heterocycles. The van der Waals surface area contributed by atoms with Crippen LogP contribution in [-0.2, 0) is 27.4 Å². The number of rotatable bonds is 7. The van der Waals surface area contributed by atoms with Crippen LogP contribution in [0, 0.1) is 0 Å². The van der Waals surface area contributed by atoms with Crippen molar-refractivity contribution in [2.75, 3.05) is 6.61 Å². The fourth-order valence-corrected chi connectivity index (χ4v) is 5.05. The summed E-state index contributed by atoms with van der Waals surface area (Å²) in [4.78, 5) is 10.2. The van der Waals surface area contributed by atoms with Gasteiger partial charge in [0.25, 0.3) is 0 Å². The Hall–Kier alpha value is -2.39. The molecule has 1 atom stereocenters. The SMILES string of the molecule is CC(C)c1cc(C(F)(F)F)cc(S(=O)(=O)N[C@@H]2CCCc3c(OCC=O)cccc32)c1. The molecule has 9 heteroatoms. The van der Waals surface area contributed by atoms with Crippen molar-refractivity contribution in [2.24, 2.45) is 0 Å². The molecule has 3 rings (SSSR count). The van der Waals surface area contributed by atoms with Gasteiger partial charge < -0.3 is 4.74 Å². The van der Waals surface area contributed by atoms with Crippen molar-refractivity contribution in [1.82, 2.24) is 4.72 Å². The van der Waals surface area contributed by atoms with E-state index >= 15 is 0 Å². The zero-order valence-electron chi connectivity index (χ0n) is 17.2. The first kappa shape index (κ1) is 23.3. The number of aldehydes is 1. The zero-order chi connectivity index (χ0) is 22.8. The van der Waals surface area contributed by atoms with Gasteiger partial charge in [-0.15, -0.1) is 0 Å². The van der Waals surface area contributed by atoms with Gasteiger partial charge in [-0.2, -0.15) is 13.2 Å². The van der Waals surface area contributed by atoms with Crippen LogP contribution in [0.3, 0.4) is 0 Å². The molecule has 0 saturated carbocycles. The summed E-state index contributed by atoms with van der Waals surface area (Å²) in [6.45, 7) is 3.30. The molecule has 0 unspecified atom stereocenters. The molecular weight excluding hydrogens is 431 g/mol. The highest BCUT2D eigenvalue weighted by molar-refractivity contribution is 7.89. The second-order valence-electron chi connectivity index (χ2n) is 7.81. The van der Waals surface area contributed by atoms with Gasteiger partial charge >= 0.3 is 6.18 Å². The smallest absolute Gasteiger partial charge is 0.416 e. The normalized spacial score (nSPS) is 16.8. The first-order chi connectivity index (χ1) is 14.5. The van der Waals surface area contributed by atoms with Crippen LogP contribution in [0.2, 0.25) is 0 Å². The van der Waals surface area contributed by atoms with Crippen LogP contribution in [-0.4, -0.2) is 21.3 Å². The van der Waals surface area contributed by atoms with Gasteiger partial charge in [0.05, 0.1) is 10.5 Å². The molecule has 0 aromatic heterocycles. The summed E-state index contributed by atoms with van der Waals surface area (Å²) in [7, 11) is -4.22. The lowest BCUT2D eigenvalue weighted by molar-refractivity contribution is -0.137. The third kappa shape index (κ3) is 5.27. The van der Waals surface area contributed by atoms with Crippen LogP contribution in [0.4, 0.5) is 13.2 Å². The van der Waals surface area contributed by atoms with E-state index in [1.165, 1.54) is 6.07 Å². The third-order valence-corrected chi connectivity index (χ3v) is 6.75. The first-order valence-electron chi connectivity index (χ1n) is 9.95. The Bertz CT molecular complexity index is 1060. The Morgan fingerprint density at radius 2 is 1.97 bits per heavy atom. The molecule has 2 aromatic rings. The van der Waals surface area contributed by atoms with Gasteiger partial charge in [-0.25, -0.2) is 13.1 Å². The molecular formula is C22H24F3NO4S. The predicted molar refractivity (Wildman–Crippen MR) is 110 cm³/mol. The van der Waals surface area contributed by atoms with Crippen LogP contribution in [0.25, 0.3) is 0 Å². The molecule has 168 valence electrons. The molecule has 5 nitrogen and oxygen atoms in total. The quantitative estimate of drug-likeness (QED) is 0.611. The second kappa shape index (κ2) is 9.00. The van der Waals surface area contributed by atoms with E-state index in [0.29, 0.717) is 48.5 Å². The van der Waals surface area contributed by atoms with Gasteiger partial charge in [-0.05, 0) is 66.1 Å². The van der Waals surface area contributed by atoms with Crippen molar-refractivity contribution in [3.05, 3.63) is 58.7 Å². The Morgan fingerprint density at radius 1 is 1.23 bits per heavy atom. The molecule has 0 saturated heterocycles. The van der Waals surface area contributed by atoms with Gasteiger partial charge in [-0.3, -0.25) is 4.79 Å². The summed E-state index contributed by atoms with van der Waals surface area (Å²) in [5.74, 6) is 0.235. The number of carbonyl (C=O) groups excluding carboxylic acids is 1. The molecule has 2 aromatic carbocycles. The lowest BCUT2D eigenvalue weighted by atomic mass is 9.87. The van der Waals surface area contributed by atoms with Crippen molar-refractivity contribution in [2.45, 2.75) is 56.1 Å². The molecule has 0 spiro atoms. The number of alkyl halides is 3. The summed E-state index contributed by atoms with van der Waals surface area (Å²) in [6.07, 6.45) is -2.20. The third-order valence-electron chi connectivity index (χ3n) is 5.30. The summed E-state index contributed by atoms with van der Waals surface area (Å²) in [5.41, 5.74) is 0.806. The molecule has 1 aliphatic carbocycles. The highest BCUT2D eigenvalue weighted by atomic mass is 32.2. The maximum Gasteiger partial charge on any atom is 0.416 e. The van der Waals surface area contributed by atoms with Crippen molar-refractivity contribution in [1.29, 1.82) is 0 Å². The zero-order valence-corrected chi connectivity index (χ0v) is 18.0.